The lowest BCUT2D eigenvalue weighted by Crippen LogP contribution is -2.49. The average molecular weight is 300 g/mol. The Kier molecular flexibility index (Phi) is 3.87. The van der Waals surface area contributed by atoms with E-state index in [0.717, 1.165) is 42.9 Å². The van der Waals surface area contributed by atoms with Crippen LogP contribution in [0.1, 0.15) is 31.4 Å². The number of ether oxygens (including phenoxy) is 1. The van der Waals surface area contributed by atoms with Crippen molar-refractivity contribution in [2.45, 2.75) is 42.5 Å². The third-order valence-corrected chi connectivity index (χ3v) is 5.21. The number of halogens is 1. The van der Waals surface area contributed by atoms with Gasteiger partial charge in [0.2, 0.25) is 5.28 Å². The van der Waals surface area contributed by atoms with E-state index in [0.29, 0.717) is 11.9 Å². The van der Waals surface area contributed by atoms with Gasteiger partial charge >= 0.3 is 0 Å². The zero-order chi connectivity index (χ0) is 13.3. The number of rotatable bonds is 4. The predicted molar refractivity (Wildman–Crippen MR) is 78.2 cm³/mol. The van der Waals surface area contributed by atoms with Gasteiger partial charge in [-0.1, -0.05) is 0 Å². The number of hydrogen-bond acceptors (Lipinski definition) is 5. The zero-order valence-corrected chi connectivity index (χ0v) is 12.6. The standard InChI is InChI=1S/C13H18ClN3OS/c1-18-8-13(5-3-6-13)17-11-10-9(4-2-7-19-10)15-12(14)16-11/h2-8H2,1H3,(H,15,16,17). The summed E-state index contributed by atoms with van der Waals surface area (Å²) >= 11 is 7.88. The van der Waals surface area contributed by atoms with Crippen LogP contribution in [0.3, 0.4) is 0 Å². The monoisotopic (exact) mass is 299 g/mol. The van der Waals surface area contributed by atoms with E-state index < -0.39 is 0 Å². The van der Waals surface area contributed by atoms with Gasteiger partial charge in [0, 0.05) is 7.11 Å². The second kappa shape index (κ2) is 5.46. The second-order valence-electron chi connectivity index (χ2n) is 5.26. The normalized spacial score (nSPS) is 20.5. The molecule has 19 heavy (non-hydrogen) atoms. The van der Waals surface area contributed by atoms with Gasteiger partial charge < -0.3 is 10.1 Å². The molecule has 3 rings (SSSR count). The van der Waals surface area contributed by atoms with Crippen molar-refractivity contribution in [2.24, 2.45) is 0 Å². The van der Waals surface area contributed by atoms with E-state index in [9.17, 15) is 0 Å². The third-order valence-electron chi connectivity index (χ3n) is 3.83. The van der Waals surface area contributed by atoms with Gasteiger partial charge in [-0.2, -0.15) is 4.98 Å². The molecule has 0 bridgehead atoms. The summed E-state index contributed by atoms with van der Waals surface area (Å²) < 4.78 is 5.35. The van der Waals surface area contributed by atoms with Crippen LogP contribution >= 0.6 is 23.4 Å². The Bertz CT molecular complexity index is 479. The van der Waals surface area contributed by atoms with Gasteiger partial charge in [-0.3, -0.25) is 0 Å². The molecule has 2 heterocycles. The van der Waals surface area contributed by atoms with Crippen LogP contribution in [-0.4, -0.2) is 35.0 Å². The molecular weight excluding hydrogens is 282 g/mol. The van der Waals surface area contributed by atoms with Gasteiger partial charge in [0.25, 0.3) is 0 Å². The number of thioether (sulfide) groups is 1. The molecule has 0 spiro atoms. The number of nitrogens with one attached hydrogen (secondary N) is 1. The molecule has 2 aliphatic rings. The van der Waals surface area contributed by atoms with Crippen LogP contribution < -0.4 is 5.32 Å². The van der Waals surface area contributed by atoms with Crippen molar-refractivity contribution in [2.75, 3.05) is 24.8 Å². The average Bonchev–Trinajstić information content (AvgIpc) is 2.36. The molecule has 1 aliphatic heterocycles. The molecule has 0 atom stereocenters. The van der Waals surface area contributed by atoms with Gasteiger partial charge in [-0.05, 0) is 49.5 Å². The van der Waals surface area contributed by atoms with E-state index in [-0.39, 0.29) is 5.54 Å². The Morgan fingerprint density at radius 2 is 2.21 bits per heavy atom. The molecule has 1 aromatic rings. The van der Waals surface area contributed by atoms with Gasteiger partial charge in [0.15, 0.2) is 0 Å². The second-order valence-corrected chi connectivity index (χ2v) is 6.70. The van der Waals surface area contributed by atoms with Crippen molar-refractivity contribution in [1.29, 1.82) is 0 Å². The van der Waals surface area contributed by atoms with Crippen LogP contribution in [0.2, 0.25) is 5.28 Å². The van der Waals surface area contributed by atoms with Crippen LogP contribution in [0.15, 0.2) is 4.90 Å². The van der Waals surface area contributed by atoms with Gasteiger partial charge in [0.1, 0.15) is 5.82 Å². The van der Waals surface area contributed by atoms with E-state index in [1.54, 1.807) is 7.11 Å². The molecule has 0 unspecified atom stereocenters. The fourth-order valence-electron chi connectivity index (χ4n) is 2.72. The van der Waals surface area contributed by atoms with Crippen LogP contribution in [0.4, 0.5) is 5.82 Å². The number of fused-ring (bicyclic) bond motifs is 1. The summed E-state index contributed by atoms with van der Waals surface area (Å²) in [6, 6.07) is 0. The van der Waals surface area contributed by atoms with Crippen LogP contribution in [0, 0.1) is 0 Å². The van der Waals surface area contributed by atoms with Crippen molar-refractivity contribution in [3.05, 3.63) is 11.0 Å². The highest BCUT2D eigenvalue weighted by atomic mass is 35.5. The maximum Gasteiger partial charge on any atom is 0.224 e. The smallest absolute Gasteiger partial charge is 0.224 e. The first-order valence-electron chi connectivity index (χ1n) is 6.69. The molecular formula is C13H18ClN3OS. The number of anilines is 1. The summed E-state index contributed by atoms with van der Waals surface area (Å²) in [7, 11) is 1.75. The topological polar surface area (TPSA) is 47.0 Å². The summed E-state index contributed by atoms with van der Waals surface area (Å²) in [5.74, 6) is 2.03. The Morgan fingerprint density at radius 1 is 1.37 bits per heavy atom. The van der Waals surface area contributed by atoms with E-state index in [1.165, 1.54) is 11.3 Å². The lowest BCUT2D eigenvalue weighted by Gasteiger charge is -2.42. The highest BCUT2D eigenvalue weighted by Crippen LogP contribution is 2.40. The van der Waals surface area contributed by atoms with Gasteiger partial charge in [-0.25, -0.2) is 4.98 Å². The lowest BCUT2D eigenvalue weighted by molar-refractivity contribution is 0.0978. The number of methoxy groups -OCH3 is 1. The quantitative estimate of drug-likeness (QED) is 0.866. The Balaban J connectivity index is 1.89. The largest absolute Gasteiger partial charge is 0.382 e. The van der Waals surface area contributed by atoms with Crippen molar-refractivity contribution in [1.82, 2.24) is 9.97 Å². The molecule has 0 radical (unpaired) electrons. The molecule has 0 aromatic carbocycles. The molecule has 1 N–H and O–H groups in total. The van der Waals surface area contributed by atoms with E-state index in [1.807, 2.05) is 11.8 Å². The molecule has 104 valence electrons. The van der Waals surface area contributed by atoms with Crippen LogP contribution in [0.25, 0.3) is 0 Å². The molecule has 1 fully saturated rings. The molecule has 4 nitrogen and oxygen atoms in total. The number of aromatic nitrogens is 2. The van der Waals surface area contributed by atoms with Crippen molar-refractivity contribution in [3.63, 3.8) is 0 Å². The fourth-order valence-corrected chi connectivity index (χ4v) is 3.95. The first kappa shape index (κ1) is 13.5. The Hall–Kier alpha value is -0.520. The SMILES string of the molecule is COCC1(Nc2nc(Cl)nc3c2SCCC3)CCC1. The van der Waals surface area contributed by atoms with Gasteiger partial charge in [-0.15, -0.1) is 11.8 Å². The molecule has 1 aliphatic carbocycles. The summed E-state index contributed by atoms with van der Waals surface area (Å²) in [5.41, 5.74) is 1.13. The lowest BCUT2D eigenvalue weighted by atomic mass is 9.77. The maximum absolute atomic E-state index is 6.05. The zero-order valence-electron chi connectivity index (χ0n) is 11.0. The third kappa shape index (κ3) is 2.69. The summed E-state index contributed by atoms with van der Waals surface area (Å²) in [6.45, 7) is 0.716. The number of aryl methyl sites for hydroxylation is 1. The molecule has 0 amide bonds. The summed E-state index contributed by atoms with van der Waals surface area (Å²) in [4.78, 5) is 9.94. The highest BCUT2D eigenvalue weighted by Gasteiger charge is 2.38. The van der Waals surface area contributed by atoms with Crippen molar-refractivity contribution < 1.29 is 4.74 Å². The highest BCUT2D eigenvalue weighted by molar-refractivity contribution is 7.99. The summed E-state index contributed by atoms with van der Waals surface area (Å²) in [6.07, 6.45) is 5.65. The van der Waals surface area contributed by atoms with E-state index >= 15 is 0 Å². The van der Waals surface area contributed by atoms with Crippen LogP contribution in [-0.2, 0) is 11.2 Å². The van der Waals surface area contributed by atoms with Crippen LogP contribution in [0.5, 0.6) is 0 Å². The fraction of sp³-hybridized carbons (Fsp3) is 0.692. The Labute approximate surface area is 122 Å². The number of nitrogens with zero attached hydrogens (tertiary/aromatic N) is 2. The van der Waals surface area contributed by atoms with E-state index in [2.05, 4.69) is 15.3 Å². The maximum atomic E-state index is 6.05. The van der Waals surface area contributed by atoms with Gasteiger partial charge in [0.05, 0.1) is 22.7 Å². The first-order valence-corrected chi connectivity index (χ1v) is 8.05. The molecule has 1 saturated carbocycles. The molecule has 0 saturated heterocycles. The predicted octanol–water partition coefficient (Wildman–Crippen LogP) is 3.15. The molecule has 6 heteroatoms. The summed E-state index contributed by atoms with van der Waals surface area (Å²) in [5, 5.41) is 3.92. The van der Waals surface area contributed by atoms with Crippen molar-refractivity contribution in [3.8, 4) is 0 Å². The first-order chi connectivity index (χ1) is 9.22. The molecule has 1 aromatic heterocycles. The van der Waals surface area contributed by atoms with E-state index in [4.69, 9.17) is 16.3 Å². The minimum atomic E-state index is 0.0399. The number of hydrogen-bond donors (Lipinski definition) is 1. The Morgan fingerprint density at radius 3 is 2.89 bits per heavy atom. The minimum Gasteiger partial charge on any atom is -0.382 e. The van der Waals surface area contributed by atoms with Crippen molar-refractivity contribution >= 4 is 29.2 Å². The minimum absolute atomic E-state index is 0.0399.